The van der Waals surface area contributed by atoms with Gasteiger partial charge >= 0.3 is 36.5 Å². The molecule has 0 radical (unpaired) electrons. The summed E-state index contributed by atoms with van der Waals surface area (Å²) >= 11 is 3.39. The summed E-state index contributed by atoms with van der Waals surface area (Å²) < 4.78 is 115. The number of halogens is 7. The Labute approximate surface area is 453 Å². The highest BCUT2D eigenvalue weighted by atomic mass is 79.9. The number of carbonyl (C=O) groups excluding carboxylic acids is 4. The average Bonchev–Trinajstić information content (AvgIpc) is 4.10. The van der Waals surface area contributed by atoms with E-state index in [4.69, 9.17) is 28.4 Å². The van der Waals surface area contributed by atoms with Gasteiger partial charge in [0.1, 0.15) is 28.5 Å². The first kappa shape index (κ1) is 59.4. The van der Waals surface area contributed by atoms with E-state index in [9.17, 15) is 45.5 Å². The third-order valence-corrected chi connectivity index (χ3v) is 11.7. The second kappa shape index (κ2) is 23.8. The molecule has 3 aromatic carbocycles. The minimum Gasteiger partial charge on any atom is -0.497 e. The number of hydrogen-bond acceptors (Lipinski definition) is 12. The largest absolute Gasteiger partial charge is 0.497 e. The highest BCUT2D eigenvalue weighted by molar-refractivity contribution is 9.10. The minimum absolute atomic E-state index is 0.0491. The van der Waals surface area contributed by atoms with Crippen molar-refractivity contribution in [2.75, 3.05) is 44.2 Å². The molecule has 0 unspecified atom stereocenters. The zero-order valence-electron chi connectivity index (χ0n) is 44.5. The Hall–Kier alpha value is -7.82. The first-order chi connectivity index (χ1) is 36.4. The third kappa shape index (κ3) is 15.2. The van der Waals surface area contributed by atoms with Crippen molar-refractivity contribution in [3.63, 3.8) is 0 Å². The normalized spacial score (nSPS) is 11.9. The van der Waals surface area contributed by atoms with Crippen LogP contribution in [0.1, 0.15) is 86.2 Å². The minimum atomic E-state index is -4.54. The van der Waals surface area contributed by atoms with E-state index >= 15 is 0 Å². The van der Waals surface area contributed by atoms with Crippen LogP contribution in [0.25, 0.3) is 33.8 Å². The van der Waals surface area contributed by atoms with Crippen molar-refractivity contribution < 1.29 is 73.9 Å². The van der Waals surface area contributed by atoms with Gasteiger partial charge in [-0.25, -0.2) is 29.1 Å². The first-order valence-electron chi connectivity index (χ1n) is 23.9. The molecule has 0 N–H and O–H groups in total. The summed E-state index contributed by atoms with van der Waals surface area (Å²) in [4.78, 5) is 61.0. The van der Waals surface area contributed by atoms with E-state index in [1.165, 1.54) is 39.7 Å². The number of anilines is 2. The fourth-order valence-electron chi connectivity index (χ4n) is 7.82. The van der Waals surface area contributed by atoms with Crippen molar-refractivity contribution >= 4 is 62.7 Å². The van der Waals surface area contributed by atoms with Crippen molar-refractivity contribution in [2.45, 2.75) is 91.8 Å². The predicted octanol–water partition coefficient (Wildman–Crippen LogP) is 14.1. The summed E-state index contributed by atoms with van der Waals surface area (Å²) in [6.45, 7) is 11.9. The SMILES string of the molecule is COC(=O)c1ccc(-c2cnc3c(N(CCC(F)(F)F)C(=O)OC(C)(C)C)cc(Br)cn23)cc1C.COC(=O)c1ccc(-c2cnc3c(N(CCC(F)(F)F)C(=O)OC(C)(C)C)cc(Oc4cccc(OC)c4)cn23)cc1C. The van der Waals surface area contributed by atoms with Gasteiger partial charge in [-0.05, 0) is 125 Å². The van der Waals surface area contributed by atoms with Gasteiger partial charge in [-0.2, -0.15) is 26.3 Å². The van der Waals surface area contributed by atoms with Gasteiger partial charge in [0.05, 0.1) is 86.7 Å². The summed E-state index contributed by atoms with van der Waals surface area (Å²) in [6.07, 6.45) is -7.00. The Morgan fingerprint density at radius 1 is 0.577 bits per heavy atom. The van der Waals surface area contributed by atoms with Crippen LogP contribution in [0.3, 0.4) is 0 Å². The van der Waals surface area contributed by atoms with Crippen molar-refractivity contribution in [1.29, 1.82) is 0 Å². The standard InChI is InChI=1S/C31H32F3N3O6.C24H25BrF3N3O4/c1-19-14-20(10-11-24(19)28(38)41-6)26-17-35-27-25(36(13-12-31(32,33)34)29(39)43-30(2,3)4)16-23(18-37(26)27)42-22-9-7-8-21(15-22)40-5;1-14-10-15(6-7-17(14)21(32)34-5)19-12-29-20-18(11-16(25)13-31(19)20)30(9-8-24(26,27)28)22(33)35-23(2,3)4/h7-11,14-18H,12-13H2,1-6H3;6-7,10-13H,8-9H2,1-5H3. The Morgan fingerprint density at radius 3 is 1.42 bits per heavy atom. The second-order valence-electron chi connectivity index (χ2n) is 19.6. The van der Waals surface area contributed by atoms with E-state index in [0.29, 0.717) is 60.7 Å². The number of amides is 2. The Balaban J connectivity index is 0.000000258. The number of pyridine rings is 2. The molecule has 16 nitrogen and oxygen atoms in total. The maximum Gasteiger partial charge on any atom is 0.414 e. The van der Waals surface area contributed by atoms with Crippen LogP contribution in [0, 0.1) is 13.8 Å². The molecule has 4 aromatic heterocycles. The van der Waals surface area contributed by atoms with Crippen molar-refractivity contribution in [2.24, 2.45) is 0 Å². The van der Waals surface area contributed by atoms with Crippen LogP contribution in [-0.4, -0.2) is 101 Å². The first-order valence-corrected chi connectivity index (χ1v) is 24.7. The van der Waals surface area contributed by atoms with Gasteiger partial charge in [-0.3, -0.25) is 18.6 Å². The van der Waals surface area contributed by atoms with Gasteiger partial charge < -0.3 is 28.4 Å². The highest BCUT2D eigenvalue weighted by Crippen LogP contribution is 2.37. The molecule has 78 heavy (non-hydrogen) atoms. The van der Waals surface area contributed by atoms with Crippen LogP contribution in [0.15, 0.2) is 102 Å². The lowest BCUT2D eigenvalue weighted by molar-refractivity contribution is -0.133. The molecule has 2 amide bonds. The quantitative estimate of drug-likeness (QED) is 0.0610. The summed E-state index contributed by atoms with van der Waals surface area (Å²) in [5, 5.41) is 0. The molecule has 416 valence electrons. The predicted molar refractivity (Wildman–Crippen MR) is 283 cm³/mol. The number of aryl methyl sites for hydroxylation is 2. The fraction of sp³-hybridized carbons (Fsp3) is 0.345. The van der Waals surface area contributed by atoms with Crippen LogP contribution in [0.5, 0.6) is 17.2 Å². The maximum absolute atomic E-state index is 13.4. The van der Waals surface area contributed by atoms with E-state index in [2.05, 4.69) is 25.9 Å². The van der Waals surface area contributed by atoms with E-state index < -0.39 is 73.6 Å². The molecule has 7 rings (SSSR count). The van der Waals surface area contributed by atoms with Gasteiger partial charge in [-0.15, -0.1) is 0 Å². The number of hydrogen-bond donors (Lipinski definition) is 0. The van der Waals surface area contributed by atoms with Crippen LogP contribution in [0.2, 0.25) is 0 Å². The monoisotopic (exact) mass is 1150 g/mol. The van der Waals surface area contributed by atoms with E-state index in [-0.39, 0.29) is 28.4 Å². The van der Waals surface area contributed by atoms with Crippen LogP contribution < -0.4 is 19.3 Å². The van der Waals surface area contributed by atoms with Crippen LogP contribution in [-0.2, 0) is 18.9 Å². The summed E-state index contributed by atoms with van der Waals surface area (Å²) in [5.41, 5.74) is 3.42. The lowest BCUT2D eigenvalue weighted by Crippen LogP contribution is -2.39. The molecule has 0 aliphatic rings. The van der Waals surface area contributed by atoms with Gasteiger partial charge in [0, 0.05) is 47.0 Å². The fourth-order valence-corrected chi connectivity index (χ4v) is 8.24. The van der Waals surface area contributed by atoms with Crippen LogP contribution in [0.4, 0.5) is 47.3 Å². The average molecular weight is 1160 g/mol. The molecule has 0 atom stereocenters. The number of methoxy groups -OCH3 is 3. The lowest BCUT2D eigenvalue weighted by atomic mass is 10.0. The van der Waals surface area contributed by atoms with Gasteiger partial charge in [0.2, 0.25) is 0 Å². The Kier molecular flexibility index (Phi) is 18.2. The second-order valence-corrected chi connectivity index (χ2v) is 20.5. The highest BCUT2D eigenvalue weighted by Gasteiger charge is 2.35. The zero-order chi connectivity index (χ0) is 57.7. The van der Waals surface area contributed by atoms with E-state index in [0.717, 1.165) is 9.80 Å². The summed E-state index contributed by atoms with van der Waals surface area (Å²) in [5.74, 6) is 0.178. The number of ether oxygens (including phenoxy) is 6. The number of fused-ring (bicyclic) bond motifs is 2. The number of benzene rings is 3. The summed E-state index contributed by atoms with van der Waals surface area (Å²) in [6, 6.07) is 20.0. The molecule has 0 fully saturated rings. The number of alkyl halides is 6. The lowest BCUT2D eigenvalue weighted by Gasteiger charge is -2.28. The number of nitrogens with zero attached hydrogens (tertiary/aromatic N) is 6. The van der Waals surface area contributed by atoms with Gasteiger partial charge in [0.25, 0.3) is 0 Å². The molecule has 0 aliphatic heterocycles. The van der Waals surface area contributed by atoms with Gasteiger partial charge in [-0.1, -0.05) is 18.2 Å². The molecule has 0 saturated carbocycles. The number of aromatic nitrogens is 4. The van der Waals surface area contributed by atoms with Crippen molar-refractivity contribution in [3.8, 4) is 39.8 Å². The Morgan fingerprint density at radius 2 is 1.01 bits per heavy atom. The molecular weight excluding hydrogens is 1100 g/mol. The maximum atomic E-state index is 13.4. The van der Waals surface area contributed by atoms with Gasteiger partial charge in [0.15, 0.2) is 11.3 Å². The van der Waals surface area contributed by atoms with E-state index in [1.54, 1.807) is 143 Å². The van der Waals surface area contributed by atoms with Crippen molar-refractivity contribution in [3.05, 3.63) is 124 Å². The molecule has 0 bridgehead atoms. The number of esters is 2. The summed E-state index contributed by atoms with van der Waals surface area (Å²) in [7, 11) is 4.10. The van der Waals surface area contributed by atoms with Crippen molar-refractivity contribution in [1.82, 2.24) is 18.8 Å². The molecule has 7 aromatic rings. The molecule has 23 heteroatoms. The molecular formula is C55H57BrF6N6O10. The number of carbonyl (C=O) groups is 4. The topological polar surface area (TPSA) is 165 Å². The number of imidazole rings is 2. The van der Waals surface area contributed by atoms with E-state index in [1.807, 2.05) is 0 Å². The molecule has 0 saturated heterocycles. The third-order valence-electron chi connectivity index (χ3n) is 11.3. The molecule has 4 heterocycles. The smallest absolute Gasteiger partial charge is 0.414 e. The molecule has 0 aliphatic carbocycles. The number of rotatable bonds is 13. The van der Waals surface area contributed by atoms with Crippen LogP contribution >= 0.6 is 15.9 Å². The zero-order valence-corrected chi connectivity index (χ0v) is 46.1. The molecule has 0 spiro atoms. The Bertz CT molecular complexity index is 3340.